The van der Waals surface area contributed by atoms with Crippen LogP contribution in [0.25, 0.3) is 21.8 Å². The van der Waals surface area contributed by atoms with Gasteiger partial charge in [0.15, 0.2) is 13.5 Å². The molecule has 2 saturated carbocycles. The smallest absolute Gasteiger partial charge is 0.318 e. The first-order valence-electron chi connectivity index (χ1n) is 26.3. The van der Waals surface area contributed by atoms with Crippen LogP contribution in [-0.4, -0.2) is 129 Å². The number of fused-ring (bicyclic) bond motifs is 2. The fraction of sp³-hybridized carbons (Fsp3) is 0.448. The summed E-state index contributed by atoms with van der Waals surface area (Å²) in [4.78, 5) is 79.0. The molecule has 2 aliphatic carbocycles. The molecule has 4 aromatic carbocycles. The maximum absolute atomic E-state index is 14.7. The van der Waals surface area contributed by atoms with Crippen molar-refractivity contribution in [3.8, 4) is 0 Å². The van der Waals surface area contributed by atoms with Gasteiger partial charge in [0.1, 0.15) is 6.04 Å². The molecule has 0 spiro atoms. The van der Waals surface area contributed by atoms with Crippen LogP contribution in [0.3, 0.4) is 0 Å². The zero-order chi connectivity index (χ0) is 50.3. The standard InChI is InChI=1S/C58H66N8O7/c1-40-33-41(34-44-37-65(60-51(40)44)38-72-54(69)57(21-22-57)45-12-5-3-6-13-45)35-49(53(68)63-31-29-62(30-32-63)47-19-25-61(2)26-20-47)59-56(71)64-27-17-42(18-28-64)48-36-43-11-9-10-16-50(43)66(52(48)67)39-73-55(70)58(23-24-58)46-14-7-4-8-15-46/h3-16,33-34,36-37,42,47,49H,17-32,35,38-39H2,1-2H3,(H,59,71). The molecule has 5 heterocycles. The number of nitrogens with one attached hydrogen (secondary N) is 1. The Morgan fingerprint density at radius 2 is 1.29 bits per heavy atom. The molecule has 0 radical (unpaired) electrons. The molecule has 2 aromatic heterocycles. The van der Waals surface area contributed by atoms with Gasteiger partial charge in [-0.1, -0.05) is 84.9 Å². The van der Waals surface area contributed by atoms with Gasteiger partial charge in [-0.15, -0.1) is 0 Å². The highest BCUT2D eigenvalue weighted by atomic mass is 16.5. The number of ether oxygens (including phenoxy) is 2. The number of piperazine rings is 1. The van der Waals surface area contributed by atoms with Crippen molar-refractivity contribution in [2.45, 2.75) is 107 Å². The number of amides is 3. The van der Waals surface area contributed by atoms with E-state index in [2.05, 4.69) is 22.2 Å². The minimum absolute atomic E-state index is 0.0174. The van der Waals surface area contributed by atoms with E-state index in [4.69, 9.17) is 14.6 Å². The summed E-state index contributed by atoms with van der Waals surface area (Å²) in [5.74, 6) is -0.799. The highest BCUT2D eigenvalue weighted by molar-refractivity contribution is 5.89. The summed E-state index contributed by atoms with van der Waals surface area (Å²) in [5, 5.41) is 9.70. The van der Waals surface area contributed by atoms with Gasteiger partial charge in [0.05, 0.1) is 21.9 Å². The van der Waals surface area contributed by atoms with E-state index in [1.165, 1.54) is 0 Å². The topological polar surface area (TPSA) is 152 Å². The van der Waals surface area contributed by atoms with Crippen LogP contribution in [0.5, 0.6) is 0 Å². The van der Waals surface area contributed by atoms with Crippen molar-refractivity contribution in [3.05, 3.63) is 147 Å². The van der Waals surface area contributed by atoms with Crippen molar-refractivity contribution in [2.24, 2.45) is 0 Å². The molecule has 5 aliphatic rings. The normalized spacial score (nSPS) is 19.6. The molecule has 3 amide bonds. The van der Waals surface area contributed by atoms with Gasteiger partial charge >= 0.3 is 18.0 Å². The lowest BCUT2D eigenvalue weighted by atomic mass is 9.89. The van der Waals surface area contributed by atoms with Crippen LogP contribution in [0.4, 0.5) is 4.79 Å². The summed E-state index contributed by atoms with van der Waals surface area (Å²) in [6.07, 6.45) is 8.44. The number of pyridine rings is 1. The Morgan fingerprint density at radius 3 is 1.92 bits per heavy atom. The predicted octanol–water partition coefficient (Wildman–Crippen LogP) is 6.86. The van der Waals surface area contributed by atoms with E-state index in [0.29, 0.717) is 69.0 Å². The van der Waals surface area contributed by atoms with Crippen molar-refractivity contribution in [3.63, 3.8) is 0 Å². The van der Waals surface area contributed by atoms with Gasteiger partial charge in [0.2, 0.25) is 5.91 Å². The third-order valence-electron chi connectivity index (χ3n) is 16.6. The number of hydrogen-bond donors (Lipinski definition) is 1. The van der Waals surface area contributed by atoms with Gasteiger partial charge in [0.25, 0.3) is 5.56 Å². The van der Waals surface area contributed by atoms with Crippen molar-refractivity contribution >= 4 is 45.7 Å². The van der Waals surface area contributed by atoms with Gasteiger partial charge in [-0.2, -0.15) is 5.10 Å². The zero-order valence-corrected chi connectivity index (χ0v) is 42.0. The molecule has 6 aromatic rings. The second-order valence-corrected chi connectivity index (χ2v) is 21.3. The predicted molar refractivity (Wildman–Crippen MR) is 278 cm³/mol. The minimum atomic E-state index is -0.826. The Kier molecular flexibility index (Phi) is 13.4. The number of benzene rings is 4. The number of nitrogens with zero attached hydrogens (tertiary/aromatic N) is 7. The van der Waals surface area contributed by atoms with Gasteiger partial charge in [-0.3, -0.25) is 28.6 Å². The first-order valence-corrected chi connectivity index (χ1v) is 26.3. The van der Waals surface area contributed by atoms with Crippen LogP contribution in [-0.2, 0) is 54.6 Å². The summed E-state index contributed by atoms with van der Waals surface area (Å²) < 4.78 is 15.0. The summed E-state index contributed by atoms with van der Waals surface area (Å²) in [6, 6.07) is 32.5. The van der Waals surface area contributed by atoms with Crippen LogP contribution in [0.15, 0.2) is 114 Å². The SMILES string of the molecule is Cc1cc(CC(NC(=O)N2CCC(c3cc4ccccc4n(COC(=O)C4(c5ccccc5)CC4)c3=O)CC2)C(=O)N2CCN(C3CCN(C)CC3)CC2)cc2cn(COC(=O)C3(c4ccccc4)CC3)nc12. The molecular weight excluding hydrogens is 921 g/mol. The van der Waals surface area contributed by atoms with E-state index in [-0.39, 0.29) is 55.2 Å². The van der Waals surface area contributed by atoms with Crippen LogP contribution >= 0.6 is 0 Å². The molecule has 3 aliphatic heterocycles. The van der Waals surface area contributed by atoms with Crippen LogP contribution in [0.1, 0.15) is 85.1 Å². The third kappa shape index (κ3) is 9.89. The molecule has 5 fully saturated rings. The Hall–Kier alpha value is -6.84. The number of hydrogen-bond acceptors (Lipinski definition) is 10. The van der Waals surface area contributed by atoms with Crippen LogP contribution in [0.2, 0.25) is 0 Å². The highest BCUT2D eigenvalue weighted by Crippen LogP contribution is 2.50. The van der Waals surface area contributed by atoms with Gasteiger partial charge in [-0.25, -0.2) is 9.48 Å². The Labute approximate surface area is 426 Å². The van der Waals surface area contributed by atoms with E-state index in [1.807, 2.05) is 121 Å². The van der Waals surface area contributed by atoms with E-state index in [1.54, 1.807) is 14.1 Å². The number of likely N-dealkylation sites (tertiary alicyclic amines) is 2. The summed E-state index contributed by atoms with van der Waals surface area (Å²) in [6.45, 7) is 7.49. The van der Waals surface area contributed by atoms with E-state index in [9.17, 15) is 24.0 Å². The number of urea groups is 1. The molecule has 73 heavy (non-hydrogen) atoms. The summed E-state index contributed by atoms with van der Waals surface area (Å²) in [5.41, 5.74) is 4.34. The molecule has 380 valence electrons. The highest BCUT2D eigenvalue weighted by Gasteiger charge is 2.53. The lowest BCUT2D eigenvalue weighted by Crippen LogP contribution is -2.59. The van der Waals surface area contributed by atoms with Crippen molar-refractivity contribution < 1.29 is 28.7 Å². The first kappa shape index (κ1) is 48.4. The lowest BCUT2D eigenvalue weighted by Gasteiger charge is -2.43. The molecule has 3 saturated heterocycles. The Bertz CT molecular complexity index is 3070. The monoisotopic (exact) mass is 987 g/mol. The quantitative estimate of drug-likeness (QED) is 0.115. The maximum atomic E-state index is 14.7. The van der Waals surface area contributed by atoms with Crippen LogP contribution < -0.4 is 10.9 Å². The molecule has 15 heteroatoms. The molecule has 11 rings (SSSR count). The number of carbonyl (C=O) groups excluding carboxylic acids is 4. The van der Waals surface area contributed by atoms with E-state index < -0.39 is 16.9 Å². The zero-order valence-electron chi connectivity index (χ0n) is 42.0. The number of para-hydroxylation sites is 1. The first-order chi connectivity index (χ1) is 35.5. The average Bonchev–Trinajstić information content (AvgIpc) is 4.37. The Morgan fingerprint density at radius 1 is 0.685 bits per heavy atom. The van der Waals surface area contributed by atoms with Gasteiger partial charge in [-0.05, 0) is 130 Å². The van der Waals surface area contributed by atoms with Gasteiger partial charge in [0, 0.05) is 68.9 Å². The number of rotatable bonds is 14. The second-order valence-electron chi connectivity index (χ2n) is 21.3. The fourth-order valence-electron chi connectivity index (χ4n) is 11.9. The van der Waals surface area contributed by atoms with Crippen molar-refractivity contribution in [1.29, 1.82) is 0 Å². The average molecular weight is 987 g/mol. The fourth-order valence-corrected chi connectivity index (χ4v) is 11.9. The molecule has 15 nitrogen and oxygen atoms in total. The van der Waals surface area contributed by atoms with Gasteiger partial charge < -0.3 is 29.5 Å². The third-order valence-corrected chi connectivity index (χ3v) is 16.6. The molecular formula is C58H66N8O7. The van der Waals surface area contributed by atoms with E-state index >= 15 is 0 Å². The van der Waals surface area contributed by atoms with Crippen molar-refractivity contribution in [1.82, 2.24) is 39.3 Å². The number of aryl methyl sites for hydroxylation is 1. The van der Waals surface area contributed by atoms with Crippen molar-refractivity contribution in [2.75, 3.05) is 59.4 Å². The number of esters is 2. The summed E-state index contributed by atoms with van der Waals surface area (Å²) in [7, 11) is 2.17. The van der Waals surface area contributed by atoms with Crippen LogP contribution in [0, 0.1) is 6.92 Å². The van der Waals surface area contributed by atoms with E-state index in [0.717, 1.165) is 90.4 Å². The molecule has 1 N–H and O–H groups in total. The lowest BCUT2D eigenvalue weighted by molar-refractivity contribution is -0.151. The minimum Gasteiger partial charge on any atom is -0.443 e. The number of carbonyl (C=O) groups is 4. The largest absolute Gasteiger partial charge is 0.443 e. The number of aromatic nitrogens is 3. The maximum Gasteiger partial charge on any atom is 0.318 e. The molecule has 1 atom stereocenters. The molecule has 1 unspecified atom stereocenters. The molecule has 0 bridgehead atoms. The second kappa shape index (κ2) is 20.2. The Balaban J connectivity index is 0.776. The number of piperidine rings is 2. The summed E-state index contributed by atoms with van der Waals surface area (Å²) >= 11 is 0.